The van der Waals surface area contributed by atoms with Crippen molar-refractivity contribution in [3.63, 3.8) is 0 Å². The number of nitrogens with zero attached hydrogens (tertiary/aromatic N) is 3. The second kappa shape index (κ2) is 9.10. The number of para-hydroxylation sites is 1. The number of aromatic nitrogens is 2. The second-order valence-corrected chi connectivity index (χ2v) is 9.13. The molecule has 5 heteroatoms. The van der Waals surface area contributed by atoms with Gasteiger partial charge in [-0.05, 0) is 43.7 Å². The zero-order valence-electron chi connectivity index (χ0n) is 17.9. The molecular formula is C24H34N4O. The molecule has 2 aliphatic rings. The Kier molecular flexibility index (Phi) is 6.31. The molecule has 4 rings (SSSR count). The van der Waals surface area contributed by atoms with Gasteiger partial charge in [0.1, 0.15) is 11.6 Å². The Morgan fingerprint density at radius 3 is 2.59 bits per heavy atom. The average molecular weight is 395 g/mol. The van der Waals surface area contributed by atoms with Crippen molar-refractivity contribution in [1.29, 1.82) is 0 Å². The summed E-state index contributed by atoms with van der Waals surface area (Å²) in [6, 6.07) is 8.82. The van der Waals surface area contributed by atoms with Gasteiger partial charge < -0.3 is 10.2 Å². The number of amides is 1. The number of carbonyl (C=O) groups is 1. The molecule has 1 aromatic heterocycles. The summed E-state index contributed by atoms with van der Waals surface area (Å²) in [6.07, 6.45) is 9.11. The Morgan fingerprint density at radius 1 is 1.10 bits per heavy atom. The first-order valence-electron chi connectivity index (χ1n) is 11.4. The molecule has 2 aliphatic carbocycles. The summed E-state index contributed by atoms with van der Waals surface area (Å²) in [5.74, 6) is 3.16. The summed E-state index contributed by atoms with van der Waals surface area (Å²) >= 11 is 0. The molecule has 0 saturated heterocycles. The third-order valence-corrected chi connectivity index (χ3v) is 6.12. The third kappa shape index (κ3) is 5.06. The van der Waals surface area contributed by atoms with Crippen molar-refractivity contribution in [1.82, 2.24) is 15.3 Å². The highest BCUT2D eigenvalue weighted by Gasteiger charge is 2.30. The smallest absolute Gasteiger partial charge is 0.221 e. The number of fused-ring (bicyclic) bond motifs is 1. The lowest BCUT2D eigenvalue weighted by Crippen LogP contribution is -2.40. The minimum Gasteiger partial charge on any atom is -0.356 e. The molecule has 2 saturated carbocycles. The van der Waals surface area contributed by atoms with Crippen LogP contribution in [0.25, 0.3) is 10.9 Å². The standard InChI is InChI=1S/C24H34N4O/c1-17(2)16-25-22(29)14-15-28(19-8-4-3-5-9-19)24-20-10-6-7-11-21(20)26-23(27-24)18-12-13-18/h6-7,10-11,17-19H,3-5,8-9,12-16H2,1-2H3,(H,25,29). The van der Waals surface area contributed by atoms with Crippen molar-refractivity contribution >= 4 is 22.6 Å². The molecule has 2 aromatic rings. The van der Waals surface area contributed by atoms with Crippen LogP contribution in [-0.4, -0.2) is 35.0 Å². The van der Waals surface area contributed by atoms with Crippen LogP contribution < -0.4 is 10.2 Å². The normalized spacial score (nSPS) is 17.6. The highest BCUT2D eigenvalue weighted by atomic mass is 16.1. The van der Waals surface area contributed by atoms with Gasteiger partial charge >= 0.3 is 0 Å². The molecule has 0 bridgehead atoms. The van der Waals surface area contributed by atoms with Crippen molar-refractivity contribution < 1.29 is 4.79 Å². The zero-order valence-corrected chi connectivity index (χ0v) is 17.9. The van der Waals surface area contributed by atoms with E-state index < -0.39 is 0 Å². The molecule has 0 spiro atoms. The van der Waals surface area contributed by atoms with Crippen molar-refractivity contribution in [2.24, 2.45) is 5.92 Å². The lowest BCUT2D eigenvalue weighted by Gasteiger charge is -2.36. The first-order chi connectivity index (χ1) is 14.1. The lowest BCUT2D eigenvalue weighted by atomic mass is 9.93. The maximum Gasteiger partial charge on any atom is 0.221 e. The van der Waals surface area contributed by atoms with E-state index in [1.807, 2.05) is 0 Å². The minimum absolute atomic E-state index is 0.139. The molecule has 1 aromatic carbocycles. The minimum atomic E-state index is 0.139. The summed E-state index contributed by atoms with van der Waals surface area (Å²) in [7, 11) is 0. The maximum atomic E-state index is 12.4. The van der Waals surface area contributed by atoms with Crippen LogP contribution in [-0.2, 0) is 4.79 Å². The van der Waals surface area contributed by atoms with Crippen LogP contribution in [0.5, 0.6) is 0 Å². The summed E-state index contributed by atoms with van der Waals surface area (Å²) in [4.78, 5) is 24.8. The maximum absolute atomic E-state index is 12.4. The van der Waals surface area contributed by atoms with Gasteiger partial charge in [0.05, 0.1) is 5.52 Å². The number of nitrogens with one attached hydrogen (secondary N) is 1. The fourth-order valence-electron chi connectivity index (χ4n) is 4.30. The summed E-state index contributed by atoms with van der Waals surface area (Å²) in [5, 5.41) is 4.19. The Morgan fingerprint density at radius 2 is 1.86 bits per heavy atom. The van der Waals surface area contributed by atoms with E-state index in [9.17, 15) is 4.79 Å². The van der Waals surface area contributed by atoms with Gasteiger partial charge in [0, 0.05) is 36.9 Å². The Balaban J connectivity index is 1.62. The molecule has 1 N–H and O–H groups in total. The Hall–Kier alpha value is -2.17. The van der Waals surface area contributed by atoms with Crippen molar-refractivity contribution in [3.05, 3.63) is 30.1 Å². The van der Waals surface area contributed by atoms with Crippen LogP contribution >= 0.6 is 0 Å². The highest BCUT2D eigenvalue weighted by molar-refractivity contribution is 5.90. The van der Waals surface area contributed by atoms with Crippen molar-refractivity contribution in [2.75, 3.05) is 18.0 Å². The van der Waals surface area contributed by atoms with Crippen LogP contribution in [0.4, 0.5) is 5.82 Å². The molecule has 2 fully saturated rings. The molecule has 0 unspecified atom stereocenters. The van der Waals surface area contributed by atoms with Gasteiger partial charge in [-0.1, -0.05) is 45.2 Å². The second-order valence-electron chi connectivity index (χ2n) is 9.13. The van der Waals surface area contributed by atoms with Crippen LogP contribution in [0.1, 0.15) is 77.0 Å². The quantitative estimate of drug-likeness (QED) is 0.698. The number of rotatable bonds is 8. The summed E-state index contributed by atoms with van der Waals surface area (Å²) in [5.41, 5.74) is 1.03. The fourth-order valence-corrected chi connectivity index (χ4v) is 4.30. The van der Waals surface area contributed by atoms with E-state index in [0.717, 1.165) is 35.6 Å². The van der Waals surface area contributed by atoms with E-state index in [4.69, 9.17) is 9.97 Å². The van der Waals surface area contributed by atoms with Crippen LogP contribution in [0, 0.1) is 5.92 Å². The lowest BCUT2D eigenvalue weighted by molar-refractivity contribution is -0.121. The number of benzene rings is 1. The summed E-state index contributed by atoms with van der Waals surface area (Å²) < 4.78 is 0. The van der Waals surface area contributed by atoms with Crippen LogP contribution in [0.2, 0.25) is 0 Å². The molecule has 0 atom stereocenters. The molecule has 0 aliphatic heterocycles. The molecule has 0 radical (unpaired) electrons. The Labute approximate surface area is 174 Å². The molecule has 5 nitrogen and oxygen atoms in total. The van der Waals surface area contributed by atoms with Gasteiger partial charge in [-0.25, -0.2) is 9.97 Å². The van der Waals surface area contributed by atoms with Crippen molar-refractivity contribution in [3.8, 4) is 0 Å². The first-order valence-corrected chi connectivity index (χ1v) is 11.4. The molecular weight excluding hydrogens is 360 g/mol. The van der Waals surface area contributed by atoms with E-state index in [1.165, 1.54) is 44.9 Å². The predicted molar refractivity (Wildman–Crippen MR) is 118 cm³/mol. The number of carbonyl (C=O) groups excluding carboxylic acids is 1. The van der Waals surface area contributed by atoms with Gasteiger partial charge in [-0.15, -0.1) is 0 Å². The molecule has 1 heterocycles. The first kappa shape index (κ1) is 20.1. The van der Waals surface area contributed by atoms with Gasteiger partial charge in [-0.2, -0.15) is 0 Å². The molecule has 156 valence electrons. The topological polar surface area (TPSA) is 58.1 Å². The largest absolute Gasteiger partial charge is 0.356 e. The van der Waals surface area contributed by atoms with Crippen LogP contribution in [0.15, 0.2) is 24.3 Å². The third-order valence-electron chi connectivity index (χ3n) is 6.12. The van der Waals surface area contributed by atoms with E-state index in [-0.39, 0.29) is 5.91 Å². The van der Waals surface area contributed by atoms with Gasteiger partial charge in [0.25, 0.3) is 0 Å². The zero-order chi connectivity index (χ0) is 20.2. The van der Waals surface area contributed by atoms with E-state index in [0.29, 0.717) is 24.3 Å². The van der Waals surface area contributed by atoms with Gasteiger partial charge in [-0.3, -0.25) is 4.79 Å². The Bertz CT molecular complexity index is 840. The number of hydrogen-bond acceptors (Lipinski definition) is 4. The molecule has 1 amide bonds. The average Bonchev–Trinajstić information content (AvgIpc) is 3.58. The van der Waals surface area contributed by atoms with Gasteiger partial charge in [0.15, 0.2) is 0 Å². The number of hydrogen-bond donors (Lipinski definition) is 1. The summed E-state index contributed by atoms with van der Waals surface area (Å²) in [6.45, 7) is 5.71. The molecule has 29 heavy (non-hydrogen) atoms. The van der Waals surface area contributed by atoms with E-state index in [2.05, 4.69) is 48.3 Å². The highest BCUT2D eigenvalue weighted by Crippen LogP contribution is 2.40. The van der Waals surface area contributed by atoms with Gasteiger partial charge in [0.2, 0.25) is 5.91 Å². The van der Waals surface area contributed by atoms with E-state index in [1.54, 1.807) is 0 Å². The number of anilines is 1. The van der Waals surface area contributed by atoms with E-state index >= 15 is 0 Å². The van der Waals surface area contributed by atoms with Crippen molar-refractivity contribution in [2.45, 2.75) is 77.2 Å². The monoisotopic (exact) mass is 394 g/mol. The predicted octanol–water partition coefficient (Wildman–Crippen LogP) is 4.81. The SMILES string of the molecule is CC(C)CNC(=O)CCN(c1nc(C2CC2)nc2ccccc12)C1CCCCC1. The van der Waals surface area contributed by atoms with Crippen LogP contribution in [0.3, 0.4) is 0 Å². The fraction of sp³-hybridized carbons (Fsp3) is 0.625.